The molecule has 0 heterocycles. The molecule has 0 nitrogen and oxygen atoms in total. The van der Waals surface area contributed by atoms with Gasteiger partial charge in [0.25, 0.3) is 0 Å². The lowest BCUT2D eigenvalue weighted by Gasteiger charge is -2.15. The molecule has 90 valence electrons. The van der Waals surface area contributed by atoms with Crippen molar-refractivity contribution in [2.75, 3.05) is 0 Å². The summed E-state index contributed by atoms with van der Waals surface area (Å²) in [5.74, 6) is 0. The van der Waals surface area contributed by atoms with E-state index in [0.717, 1.165) is 0 Å². The van der Waals surface area contributed by atoms with Crippen molar-refractivity contribution in [3.63, 3.8) is 0 Å². The van der Waals surface area contributed by atoms with Crippen LogP contribution in [0.4, 0.5) is 0 Å². The number of hydrogen-bond donors (Lipinski definition) is 0. The van der Waals surface area contributed by atoms with E-state index in [2.05, 4.69) is 64.1 Å². The van der Waals surface area contributed by atoms with Gasteiger partial charge in [0.1, 0.15) is 0 Å². The first-order chi connectivity index (χ1) is 8.61. The Kier molecular flexibility index (Phi) is 2.41. The van der Waals surface area contributed by atoms with Gasteiger partial charge in [0, 0.05) is 0 Å². The van der Waals surface area contributed by atoms with Crippen molar-refractivity contribution < 1.29 is 0 Å². The normalized spacial score (nSPS) is 11.3. The van der Waals surface area contributed by atoms with E-state index < -0.39 is 0 Å². The van der Waals surface area contributed by atoms with Crippen molar-refractivity contribution in [2.45, 2.75) is 27.7 Å². The van der Waals surface area contributed by atoms with Crippen LogP contribution in [0.2, 0.25) is 0 Å². The minimum absolute atomic E-state index is 1.38. The van der Waals surface area contributed by atoms with Crippen LogP contribution in [0.3, 0.4) is 0 Å². The molecule has 0 spiro atoms. The van der Waals surface area contributed by atoms with Crippen molar-refractivity contribution in [1.82, 2.24) is 0 Å². The Morgan fingerprint density at radius 2 is 1.17 bits per heavy atom. The molecular weight excluding hydrogens is 216 g/mol. The highest BCUT2D eigenvalue weighted by atomic mass is 14.1. The summed E-state index contributed by atoms with van der Waals surface area (Å²) < 4.78 is 0. The maximum atomic E-state index is 2.27. The molecule has 0 unspecified atom stereocenters. The van der Waals surface area contributed by atoms with Crippen LogP contribution in [-0.4, -0.2) is 0 Å². The van der Waals surface area contributed by atoms with Crippen molar-refractivity contribution in [1.29, 1.82) is 0 Å². The average Bonchev–Trinajstić information content (AvgIpc) is 2.39. The second-order valence-corrected chi connectivity index (χ2v) is 5.23. The summed E-state index contributed by atoms with van der Waals surface area (Å²) in [7, 11) is 0. The summed E-state index contributed by atoms with van der Waals surface area (Å²) in [5.41, 5.74) is 5.60. The predicted molar refractivity (Wildman–Crippen MR) is 80.4 cm³/mol. The summed E-state index contributed by atoms with van der Waals surface area (Å²) in [6.07, 6.45) is 0. The van der Waals surface area contributed by atoms with Crippen molar-refractivity contribution in [3.8, 4) is 0 Å². The van der Waals surface area contributed by atoms with Gasteiger partial charge in [-0.2, -0.15) is 0 Å². The van der Waals surface area contributed by atoms with E-state index >= 15 is 0 Å². The SMILES string of the molecule is Cc1ccc2c(C)c3ccccc3c(C)c2c1C. The molecule has 3 rings (SSSR count). The number of benzene rings is 3. The molecule has 0 N–H and O–H groups in total. The molecule has 0 aliphatic heterocycles. The van der Waals surface area contributed by atoms with E-state index in [1.165, 1.54) is 43.8 Å². The monoisotopic (exact) mass is 234 g/mol. The van der Waals surface area contributed by atoms with Crippen LogP contribution in [0, 0.1) is 27.7 Å². The van der Waals surface area contributed by atoms with Gasteiger partial charge in [-0.25, -0.2) is 0 Å². The van der Waals surface area contributed by atoms with Crippen LogP contribution in [0.5, 0.6) is 0 Å². The van der Waals surface area contributed by atoms with Crippen LogP contribution >= 0.6 is 0 Å². The largest absolute Gasteiger partial charge is 0.0616 e. The smallest absolute Gasteiger partial charge is 0.0114 e. The zero-order valence-corrected chi connectivity index (χ0v) is 11.5. The minimum atomic E-state index is 1.38. The van der Waals surface area contributed by atoms with Crippen molar-refractivity contribution in [2.24, 2.45) is 0 Å². The van der Waals surface area contributed by atoms with Crippen LogP contribution in [-0.2, 0) is 0 Å². The third-order valence-electron chi connectivity index (χ3n) is 4.25. The molecule has 0 saturated heterocycles. The van der Waals surface area contributed by atoms with Gasteiger partial charge in [-0.3, -0.25) is 0 Å². The molecule has 0 aliphatic carbocycles. The second kappa shape index (κ2) is 3.84. The second-order valence-electron chi connectivity index (χ2n) is 5.23. The minimum Gasteiger partial charge on any atom is -0.0616 e. The fourth-order valence-corrected chi connectivity index (χ4v) is 3.03. The summed E-state index contributed by atoms with van der Waals surface area (Å²) in [6.45, 7) is 8.91. The summed E-state index contributed by atoms with van der Waals surface area (Å²) in [5, 5.41) is 5.60. The lowest BCUT2D eigenvalue weighted by molar-refractivity contribution is 1.36. The van der Waals surface area contributed by atoms with E-state index in [0.29, 0.717) is 0 Å². The molecule has 18 heavy (non-hydrogen) atoms. The van der Waals surface area contributed by atoms with Crippen molar-refractivity contribution >= 4 is 21.5 Å². The summed E-state index contributed by atoms with van der Waals surface area (Å²) in [6, 6.07) is 13.2. The van der Waals surface area contributed by atoms with Crippen LogP contribution in [0.15, 0.2) is 36.4 Å². The molecule has 3 aromatic carbocycles. The van der Waals surface area contributed by atoms with Gasteiger partial charge in [-0.15, -0.1) is 0 Å². The fraction of sp³-hybridized carbons (Fsp3) is 0.222. The Balaban J connectivity index is 2.67. The van der Waals surface area contributed by atoms with E-state index in [-0.39, 0.29) is 0 Å². The molecule has 0 fully saturated rings. The summed E-state index contributed by atoms with van der Waals surface area (Å²) in [4.78, 5) is 0. The molecule has 0 atom stereocenters. The predicted octanol–water partition coefficient (Wildman–Crippen LogP) is 5.23. The first-order valence-corrected chi connectivity index (χ1v) is 6.49. The van der Waals surface area contributed by atoms with Gasteiger partial charge in [-0.1, -0.05) is 36.4 Å². The quantitative estimate of drug-likeness (QED) is 0.467. The highest BCUT2D eigenvalue weighted by Gasteiger charge is 2.10. The molecule has 0 heteroatoms. The molecule has 3 aromatic rings. The van der Waals surface area contributed by atoms with Gasteiger partial charge in [-0.05, 0) is 71.5 Å². The first-order valence-electron chi connectivity index (χ1n) is 6.49. The van der Waals surface area contributed by atoms with Gasteiger partial charge in [0.15, 0.2) is 0 Å². The molecule has 0 amide bonds. The third-order valence-corrected chi connectivity index (χ3v) is 4.25. The van der Waals surface area contributed by atoms with Gasteiger partial charge < -0.3 is 0 Å². The molecule has 0 radical (unpaired) electrons. The van der Waals surface area contributed by atoms with Crippen LogP contribution in [0.25, 0.3) is 21.5 Å². The molecular formula is C18H18. The molecule has 0 bridgehead atoms. The number of rotatable bonds is 0. The topological polar surface area (TPSA) is 0 Å². The van der Waals surface area contributed by atoms with Crippen LogP contribution in [0.1, 0.15) is 22.3 Å². The van der Waals surface area contributed by atoms with E-state index in [4.69, 9.17) is 0 Å². The maximum Gasteiger partial charge on any atom is -0.0114 e. The first kappa shape index (κ1) is 11.3. The zero-order valence-electron chi connectivity index (χ0n) is 11.5. The Labute approximate surface area is 108 Å². The number of hydrogen-bond acceptors (Lipinski definition) is 0. The van der Waals surface area contributed by atoms with E-state index in [1.807, 2.05) is 0 Å². The summed E-state index contributed by atoms with van der Waals surface area (Å²) >= 11 is 0. The highest BCUT2D eigenvalue weighted by Crippen LogP contribution is 2.34. The molecule has 0 aromatic heterocycles. The molecule has 0 aliphatic rings. The average molecular weight is 234 g/mol. The maximum absolute atomic E-state index is 2.27. The van der Waals surface area contributed by atoms with Gasteiger partial charge in [0.2, 0.25) is 0 Å². The number of aryl methyl sites for hydroxylation is 4. The zero-order chi connectivity index (χ0) is 12.9. The third kappa shape index (κ3) is 1.38. The van der Waals surface area contributed by atoms with Crippen molar-refractivity contribution in [3.05, 3.63) is 58.7 Å². The van der Waals surface area contributed by atoms with Gasteiger partial charge in [0.05, 0.1) is 0 Å². The Morgan fingerprint density at radius 3 is 1.83 bits per heavy atom. The standard InChI is InChI=1S/C18H18/c1-11-9-10-17-13(3)15-7-5-6-8-16(15)14(4)18(17)12(11)2/h5-10H,1-4H3. The Bertz CT molecular complexity index is 764. The lowest BCUT2D eigenvalue weighted by Crippen LogP contribution is -1.92. The van der Waals surface area contributed by atoms with E-state index in [1.54, 1.807) is 0 Å². The van der Waals surface area contributed by atoms with E-state index in [9.17, 15) is 0 Å². The molecule has 0 saturated carbocycles. The highest BCUT2D eigenvalue weighted by molar-refractivity contribution is 6.06. The Morgan fingerprint density at radius 1 is 0.556 bits per heavy atom. The lowest BCUT2D eigenvalue weighted by atomic mass is 9.89. The number of fused-ring (bicyclic) bond motifs is 2. The van der Waals surface area contributed by atoms with Crippen LogP contribution < -0.4 is 0 Å². The Hall–Kier alpha value is -1.82. The fourth-order valence-electron chi connectivity index (χ4n) is 3.03. The van der Waals surface area contributed by atoms with Gasteiger partial charge >= 0.3 is 0 Å².